The van der Waals surface area contributed by atoms with E-state index < -0.39 is 6.10 Å². The molecule has 0 aliphatic rings. The van der Waals surface area contributed by atoms with Crippen LogP contribution >= 0.6 is 0 Å². The monoisotopic (exact) mass is 650 g/mol. The van der Waals surface area contributed by atoms with Gasteiger partial charge in [-0.3, -0.25) is 4.57 Å². The number of phenolic OH excluding ortho intramolecular Hbond substituents is 1. The molecule has 48 heavy (non-hydrogen) atoms. The van der Waals surface area contributed by atoms with Crippen LogP contribution in [0.1, 0.15) is 49.6 Å². The Labute approximate surface area is 282 Å². The number of fused-ring (bicyclic) bond motifs is 1. The highest BCUT2D eigenvalue weighted by atomic mass is 16.5. The first-order chi connectivity index (χ1) is 23.5. The number of carbonyl (C=O) groups is 1. The van der Waals surface area contributed by atoms with E-state index in [2.05, 4.69) is 56.7 Å². The number of anilines is 1. The first-order valence-corrected chi connectivity index (χ1v) is 16.8. The molecule has 0 saturated carbocycles. The van der Waals surface area contributed by atoms with Gasteiger partial charge in [0.05, 0.1) is 0 Å². The number of aliphatic hydroxyl groups is 1. The zero-order valence-corrected chi connectivity index (χ0v) is 27.6. The van der Waals surface area contributed by atoms with Gasteiger partial charge in [0.1, 0.15) is 35.6 Å². The minimum atomic E-state index is -0.646. The van der Waals surface area contributed by atoms with Crippen molar-refractivity contribution < 1.29 is 19.7 Å². The lowest BCUT2D eigenvalue weighted by Gasteiger charge is -2.14. The van der Waals surface area contributed by atoms with Crippen molar-refractivity contribution in [1.82, 2.24) is 25.2 Å². The van der Waals surface area contributed by atoms with Gasteiger partial charge in [0.2, 0.25) is 0 Å². The van der Waals surface area contributed by atoms with Crippen molar-refractivity contribution in [2.24, 2.45) is 0 Å². The number of hydrogen-bond acceptors (Lipinski definition) is 7. The molecule has 0 fully saturated rings. The minimum absolute atomic E-state index is 0.169. The second kappa shape index (κ2) is 17.8. The SMILES string of the molecule is CCCCCCNC(=O)Nc1ccc(CCc2nc3cccnc3n2-c2ccc(CCNC[C@H](O)COc3ccc(O)cc3)cc2)cc1. The topological polar surface area (TPSA) is 134 Å². The summed E-state index contributed by atoms with van der Waals surface area (Å²) in [7, 11) is 0. The van der Waals surface area contributed by atoms with Gasteiger partial charge in [-0.1, -0.05) is 50.5 Å². The van der Waals surface area contributed by atoms with Gasteiger partial charge in [0.25, 0.3) is 0 Å². The number of urea groups is 1. The fourth-order valence-corrected chi connectivity index (χ4v) is 5.44. The van der Waals surface area contributed by atoms with Crippen molar-refractivity contribution in [2.45, 2.75) is 58.0 Å². The van der Waals surface area contributed by atoms with Crippen molar-refractivity contribution in [3.63, 3.8) is 0 Å². The second-order valence-corrected chi connectivity index (χ2v) is 11.9. The molecule has 2 aromatic heterocycles. The fraction of sp³-hybridized carbons (Fsp3) is 0.342. The van der Waals surface area contributed by atoms with E-state index in [4.69, 9.17) is 9.72 Å². The van der Waals surface area contributed by atoms with E-state index in [0.29, 0.717) is 25.4 Å². The molecule has 2 amide bonds. The largest absolute Gasteiger partial charge is 0.508 e. The number of nitrogens with one attached hydrogen (secondary N) is 3. The Morgan fingerprint density at radius 3 is 2.40 bits per heavy atom. The minimum Gasteiger partial charge on any atom is -0.508 e. The van der Waals surface area contributed by atoms with Crippen molar-refractivity contribution in [3.05, 3.63) is 108 Å². The summed E-state index contributed by atoms with van der Waals surface area (Å²) in [4.78, 5) is 21.8. The molecule has 10 nitrogen and oxygen atoms in total. The van der Waals surface area contributed by atoms with Crippen LogP contribution in [0.4, 0.5) is 10.5 Å². The van der Waals surface area contributed by atoms with E-state index in [0.717, 1.165) is 66.0 Å². The maximum Gasteiger partial charge on any atom is 0.319 e. The van der Waals surface area contributed by atoms with Crippen LogP contribution in [-0.4, -0.2) is 63.1 Å². The average Bonchev–Trinajstić information content (AvgIpc) is 3.48. The number of amides is 2. The molecule has 5 aromatic rings. The van der Waals surface area contributed by atoms with Gasteiger partial charge in [-0.15, -0.1) is 0 Å². The third-order valence-electron chi connectivity index (χ3n) is 8.09. The van der Waals surface area contributed by atoms with E-state index in [1.54, 1.807) is 30.5 Å². The zero-order valence-electron chi connectivity index (χ0n) is 27.6. The predicted molar refractivity (Wildman–Crippen MR) is 190 cm³/mol. The number of aromatic nitrogens is 3. The van der Waals surface area contributed by atoms with Crippen LogP contribution in [0.25, 0.3) is 16.9 Å². The third kappa shape index (κ3) is 10.3. The van der Waals surface area contributed by atoms with Crippen molar-refractivity contribution in [3.8, 4) is 17.2 Å². The summed E-state index contributed by atoms with van der Waals surface area (Å²) in [5.41, 5.74) is 5.79. The normalized spacial score (nSPS) is 11.8. The molecular formula is C38H46N6O4. The summed E-state index contributed by atoms with van der Waals surface area (Å²) in [5, 5.41) is 28.8. The number of hydrogen-bond donors (Lipinski definition) is 5. The zero-order chi connectivity index (χ0) is 33.6. The van der Waals surface area contributed by atoms with E-state index in [-0.39, 0.29) is 18.4 Å². The summed E-state index contributed by atoms with van der Waals surface area (Å²) in [6, 6.07) is 26.6. The number of imidazole rings is 1. The Morgan fingerprint density at radius 2 is 1.62 bits per heavy atom. The number of carbonyl (C=O) groups excluding carboxylic acids is 1. The maximum atomic E-state index is 12.2. The molecule has 0 radical (unpaired) electrons. The van der Waals surface area contributed by atoms with Gasteiger partial charge in [-0.25, -0.2) is 14.8 Å². The first kappa shape index (κ1) is 34.4. The maximum absolute atomic E-state index is 12.2. The predicted octanol–water partition coefficient (Wildman–Crippen LogP) is 6.19. The average molecular weight is 651 g/mol. The second-order valence-electron chi connectivity index (χ2n) is 11.9. The molecule has 0 bridgehead atoms. The molecule has 2 heterocycles. The van der Waals surface area contributed by atoms with Crippen LogP contribution in [0, 0.1) is 0 Å². The standard InChI is InChI=1S/C38H46N6O4/c1-2-3-4-5-23-41-38(47)42-30-13-8-28(9-14-30)12-21-36-43-35-7-6-24-40-37(35)44(36)31-15-10-29(11-16-31)22-25-39-26-33(46)27-48-34-19-17-32(45)18-20-34/h6-11,13-20,24,33,39,45-46H,2-5,12,21-23,25-27H2,1H3,(H2,41,42,47)/t33-/m0/s1. The number of phenols is 1. The molecule has 10 heteroatoms. The lowest BCUT2D eigenvalue weighted by Crippen LogP contribution is -2.32. The number of benzene rings is 3. The number of unbranched alkanes of at least 4 members (excludes halogenated alkanes) is 3. The Balaban J connectivity index is 1.12. The molecule has 0 aliphatic heterocycles. The van der Waals surface area contributed by atoms with E-state index in [1.807, 2.05) is 36.4 Å². The molecular weight excluding hydrogens is 604 g/mol. The number of rotatable bonds is 18. The van der Waals surface area contributed by atoms with Gasteiger partial charge in [0.15, 0.2) is 5.65 Å². The Hall–Kier alpha value is -4.93. The van der Waals surface area contributed by atoms with Gasteiger partial charge in [0, 0.05) is 37.1 Å². The van der Waals surface area contributed by atoms with Gasteiger partial charge in [-0.2, -0.15) is 0 Å². The molecule has 5 N–H and O–H groups in total. The first-order valence-electron chi connectivity index (χ1n) is 16.8. The van der Waals surface area contributed by atoms with E-state index in [1.165, 1.54) is 18.4 Å². The highest BCUT2D eigenvalue weighted by Crippen LogP contribution is 2.22. The van der Waals surface area contributed by atoms with Crippen LogP contribution in [0.3, 0.4) is 0 Å². The number of aryl methyl sites for hydroxylation is 2. The summed E-state index contributed by atoms with van der Waals surface area (Å²) in [5.74, 6) is 1.72. The van der Waals surface area contributed by atoms with Crippen LogP contribution < -0.4 is 20.7 Å². The van der Waals surface area contributed by atoms with Crippen LogP contribution in [0.5, 0.6) is 11.5 Å². The van der Waals surface area contributed by atoms with Crippen molar-refractivity contribution in [2.75, 3.05) is 31.6 Å². The lowest BCUT2D eigenvalue weighted by atomic mass is 10.1. The Bertz CT molecular complexity index is 1700. The summed E-state index contributed by atoms with van der Waals surface area (Å²) in [6.45, 7) is 4.16. The molecule has 0 spiro atoms. The number of aromatic hydroxyl groups is 1. The number of pyridine rings is 1. The molecule has 0 saturated heterocycles. The Morgan fingerprint density at radius 1 is 0.875 bits per heavy atom. The highest BCUT2D eigenvalue weighted by Gasteiger charge is 2.14. The van der Waals surface area contributed by atoms with E-state index in [9.17, 15) is 15.0 Å². The molecule has 3 aromatic carbocycles. The number of nitrogens with zero attached hydrogens (tertiary/aromatic N) is 3. The van der Waals surface area contributed by atoms with E-state index >= 15 is 0 Å². The summed E-state index contributed by atoms with van der Waals surface area (Å²) in [6.07, 6.45) is 7.98. The smallest absolute Gasteiger partial charge is 0.319 e. The third-order valence-corrected chi connectivity index (χ3v) is 8.09. The summed E-state index contributed by atoms with van der Waals surface area (Å²) < 4.78 is 7.70. The lowest BCUT2D eigenvalue weighted by molar-refractivity contribution is 0.106. The van der Waals surface area contributed by atoms with Crippen LogP contribution in [0.2, 0.25) is 0 Å². The molecule has 1 atom stereocenters. The molecule has 0 aliphatic carbocycles. The van der Waals surface area contributed by atoms with Crippen LogP contribution in [-0.2, 0) is 19.3 Å². The summed E-state index contributed by atoms with van der Waals surface area (Å²) >= 11 is 0. The number of ether oxygens (including phenoxy) is 1. The van der Waals surface area contributed by atoms with Gasteiger partial charge >= 0.3 is 6.03 Å². The van der Waals surface area contributed by atoms with Crippen molar-refractivity contribution >= 4 is 22.9 Å². The Kier molecular flexibility index (Phi) is 12.8. The quantitative estimate of drug-likeness (QED) is 0.0715. The van der Waals surface area contributed by atoms with Crippen molar-refractivity contribution in [1.29, 1.82) is 0 Å². The molecule has 252 valence electrons. The highest BCUT2D eigenvalue weighted by molar-refractivity contribution is 5.89. The molecule has 5 rings (SSSR count). The fourth-order valence-electron chi connectivity index (χ4n) is 5.44. The number of aliphatic hydroxyl groups excluding tert-OH is 1. The molecule has 0 unspecified atom stereocenters. The van der Waals surface area contributed by atoms with Gasteiger partial charge < -0.3 is 30.9 Å². The van der Waals surface area contributed by atoms with Gasteiger partial charge in [-0.05, 0) is 97.6 Å². The van der Waals surface area contributed by atoms with Crippen LogP contribution in [0.15, 0.2) is 91.1 Å².